The molecule has 1 rings (SSSR count). The third-order valence-electron chi connectivity index (χ3n) is 1.96. The van der Waals surface area contributed by atoms with Gasteiger partial charge in [-0.25, -0.2) is 17.6 Å². The summed E-state index contributed by atoms with van der Waals surface area (Å²) in [4.78, 5) is 0. The van der Waals surface area contributed by atoms with Crippen molar-refractivity contribution in [3.05, 3.63) is 22.8 Å². The Hall–Kier alpha value is -1.46. The molecule has 0 unspecified atom stereocenters. The van der Waals surface area contributed by atoms with E-state index in [0.29, 0.717) is 0 Å². The van der Waals surface area contributed by atoms with Gasteiger partial charge in [-0.3, -0.25) is 0 Å². The summed E-state index contributed by atoms with van der Waals surface area (Å²) >= 11 is 0. The van der Waals surface area contributed by atoms with Crippen molar-refractivity contribution < 1.29 is 17.6 Å². The number of nitrogen functional groups attached to an aromatic ring is 2. The highest BCUT2D eigenvalue weighted by molar-refractivity contribution is 5.71. The molecule has 1 aromatic rings. The molecule has 0 heterocycles. The minimum absolute atomic E-state index is 0.260. The number of hydrogen-bond donors (Lipinski definition) is 2. The molecule has 0 aromatic heterocycles. The Bertz CT molecular complexity index is 347. The molecule has 0 saturated heterocycles. The Morgan fingerprint density at radius 2 is 1.50 bits per heavy atom. The lowest BCUT2D eigenvalue weighted by molar-refractivity contribution is 0.146. The van der Waals surface area contributed by atoms with E-state index in [4.69, 9.17) is 11.5 Å². The van der Waals surface area contributed by atoms with Gasteiger partial charge in [0.15, 0.2) is 11.6 Å². The molecule has 14 heavy (non-hydrogen) atoms. The van der Waals surface area contributed by atoms with Gasteiger partial charge in [-0.1, -0.05) is 0 Å². The molecular weight excluding hydrogens is 200 g/mol. The van der Waals surface area contributed by atoms with Crippen LogP contribution in [-0.2, 0) is 0 Å². The van der Waals surface area contributed by atoms with Crippen LogP contribution in [0.5, 0.6) is 0 Å². The number of anilines is 2. The van der Waals surface area contributed by atoms with Crippen LogP contribution < -0.4 is 11.5 Å². The number of halogens is 4. The molecule has 0 fully saturated rings. The van der Waals surface area contributed by atoms with Crippen molar-refractivity contribution in [1.29, 1.82) is 0 Å². The van der Waals surface area contributed by atoms with Gasteiger partial charge in [0, 0.05) is 5.56 Å². The standard InChI is InChI=1S/C8H8F4N2/c1-2-4(9)5(10)3(8(11)12)7(14)6(2)13/h8H,13-14H2,1H3. The highest BCUT2D eigenvalue weighted by Gasteiger charge is 2.25. The molecule has 0 atom stereocenters. The third kappa shape index (κ3) is 1.36. The van der Waals surface area contributed by atoms with E-state index < -0.39 is 29.3 Å². The second kappa shape index (κ2) is 3.36. The first-order valence-electron chi connectivity index (χ1n) is 3.68. The molecule has 0 aliphatic heterocycles. The van der Waals surface area contributed by atoms with Gasteiger partial charge in [0.1, 0.15) is 0 Å². The van der Waals surface area contributed by atoms with Crippen LogP contribution in [0.4, 0.5) is 28.9 Å². The molecule has 0 aliphatic rings. The highest BCUT2D eigenvalue weighted by atomic mass is 19.3. The maximum atomic E-state index is 13.0. The SMILES string of the molecule is Cc1c(N)c(N)c(C(F)F)c(F)c1F. The molecule has 1 aromatic carbocycles. The maximum absolute atomic E-state index is 13.0. The van der Waals surface area contributed by atoms with Crippen molar-refractivity contribution in [1.82, 2.24) is 0 Å². The molecule has 0 spiro atoms. The minimum atomic E-state index is -3.19. The Morgan fingerprint density at radius 1 is 1.00 bits per heavy atom. The molecule has 0 aliphatic carbocycles. The second-order valence-electron chi connectivity index (χ2n) is 2.79. The van der Waals surface area contributed by atoms with Crippen LogP contribution >= 0.6 is 0 Å². The molecule has 0 bridgehead atoms. The van der Waals surface area contributed by atoms with Crippen molar-refractivity contribution in [2.75, 3.05) is 11.5 Å². The Morgan fingerprint density at radius 3 is 1.93 bits per heavy atom. The summed E-state index contributed by atoms with van der Waals surface area (Å²) in [5.74, 6) is -3.02. The van der Waals surface area contributed by atoms with Gasteiger partial charge in [0.2, 0.25) is 0 Å². The fourth-order valence-electron chi connectivity index (χ4n) is 1.08. The van der Waals surface area contributed by atoms with Gasteiger partial charge >= 0.3 is 0 Å². The zero-order chi connectivity index (χ0) is 11.0. The van der Waals surface area contributed by atoms with E-state index in [0.717, 1.165) is 0 Å². The third-order valence-corrected chi connectivity index (χ3v) is 1.96. The Balaban J connectivity index is 3.60. The smallest absolute Gasteiger partial charge is 0.268 e. The first-order valence-corrected chi connectivity index (χ1v) is 3.68. The fraction of sp³-hybridized carbons (Fsp3) is 0.250. The van der Waals surface area contributed by atoms with Crippen LogP contribution in [-0.4, -0.2) is 0 Å². The van der Waals surface area contributed by atoms with Gasteiger partial charge in [0.05, 0.1) is 16.9 Å². The van der Waals surface area contributed by atoms with Crippen LogP contribution in [0.25, 0.3) is 0 Å². The quantitative estimate of drug-likeness (QED) is 0.549. The normalized spacial score (nSPS) is 11.0. The molecule has 78 valence electrons. The van der Waals surface area contributed by atoms with Crippen molar-refractivity contribution in [2.45, 2.75) is 13.3 Å². The molecule has 6 heteroatoms. The summed E-state index contributed by atoms with van der Waals surface area (Å²) in [5.41, 5.74) is 7.98. The molecule has 0 radical (unpaired) electrons. The zero-order valence-electron chi connectivity index (χ0n) is 7.24. The van der Waals surface area contributed by atoms with E-state index in [1.807, 2.05) is 0 Å². The number of alkyl halides is 2. The van der Waals surface area contributed by atoms with E-state index in [9.17, 15) is 17.6 Å². The lowest BCUT2D eigenvalue weighted by Crippen LogP contribution is -2.08. The molecule has 4 N–H and O–H groups in total. The molecule has 2 nitrogen and oxygen atoms in total. The van der Waals surface area contributed by atoms with E-state index in [1.165, 1.54) is 6.92 Å². The largest absolute Gasteiger partial charge is 0.397 e. The van der Waals surface area contributed by atoms with Gasteiger partial charge in [-0.05, 0) is 6.92 Å². The van der Waals surface area contributed by atoms with Gasteiger partial charge < -0.3 is 11.5 Å². The van der Waals surface area contributed by atoms with Gasteiger partial charge in [-0.2, -0.15) is 0 Å². The average molecular weight is 208 g/mol. The molecular formula is C8H8F4N2. The van der Waals surface area contributed by atoms with Gasteiger partial charge in [-0.15, -0.1) is 0 Å². The highest BCUT2D eigenvalue weighted by Crippen LogP contribution is 2.35. The van der Waals surface area contributed by atoms with E-state index in [-0.39, 0.29) is 11.3 Å². The number of nitrogens with two attached hydrogens (primary N) is 2. The Labute approximate surface area is 77.5 Å². The summed E-state index contributed by atoms with van der Waals surface area (Å²) in [7, 11) is 0. The second-order valence-corrected chi connectivity index (χ2v) is 2.79. The van der Waals surface area contributed by atoms with E-state index >= 15 is 0 Å². The van der Waals surface area contributed by atoms with Gasteiger partial charge in [0.25, 0.3) is 6.43 Å². The lowest BCUT2D eigenvalue weighted by atomic mass is 10.1. The van der Waals surface area contributed by atoms with Crippen molar-refractivity contribution >= 4 is 11.4 Å². The van der Waals surface area contributed by atoms with Crippen LogP contribution in [0.2, 0.25) is 0 Å². The molecule has 0 amide bonds. The van der Waals surface area contributed by atoms with Crippen LogP contribution in [0, 0.1) is 18.6 Å². The van der Waals surface area contributed by atoms with E-state index in [2.05, 4.69) is 0 Å². The summed E-state index contributed by atoms with van der Waals surface area (Å²) < 4.78 is 50.4. The minimum Gasteiger partial charge on any atom is -0.397 e. The van der Waals surface area contributed by atoms with E-state index in [1.54, 1.807) is 0 Å². The zero-order valence-corrected chi connectivity index (χ0v) is 7.24. The van der Waals surface area contributed by atoms with Crippen LogP contribution in [0.1, 0.15) is 17.6 Å². The monoisotopic (exact) mass is 208 g/mol. The molecule has 0 saturated carbocycles. The Kier molecular flexibility index (Phi) is 2.55. The van der Waals surface area contributed by atoms with Crippen LogP contribution in [0.15, 0.2) is 0 Å². The first-order chi connectivity index (χ1) is 6.37. The summed E-state index contributed by atoms with van der Waals surface area (Å²) in [6, 6.07) is 0. The number of hydrogen-bond acceptors (Lipinski definition) is 2. The number of rotatable bonds is 1. The fourth-order valence-corrected chi connectivity index (χ4v) is 1.08. The van der Waals surface area contributed by atoms with Crippen molar-refractivity contribution in [3.8, 4) is 0 Å². The first kappa shape index (κ1) is 10.6. The van der Waals surface area contributed by atoms with Crippen molar-refractivity contribution in [3.63, 3.8) is 0 Å². The van der Waals surface area contributed by atoms with Crippen LogP contribution in [0.3, 0.4) is 0 Å². The summed E-state index contributed by atoms with van der Waals surface area (Å²) in [5, 5.41) is 0. The van der Waals surface area contributed by atoms with Crippen molar-refractivity contribution in [2.24, 2.45) is 0 Å². The predicted octanol–water partition coefficient (Wildman–Crippen LogP) is 2.38. The lowest BCUT2D eigenvalue weighted by Gasteiger charge is -2.12. The summed E-state index contributed by atoms with van der Waals surface area (Å²) in [6.07, 6.45) is -3.19. The predicted molar refractivity (Wildman–Crippen MR) is 44.9 cm³/mol. The summed E-state index contributed by atoms with van der Waals surface area (Å²) in [6.45, 7) is 1.17. The topological polar surface area (TPSA) is 52.0 Å². The maximum Gasteiger partial charge on any atom is 0.268 e. The average Bonchev–Trinajstić information content (AvgIpc) is 2.11. The number of benzene rings is 1.